The summed E-state index contributed by atoms with van der Waals surface area (Å²) in [5.74, 6) is 0.279. The minimum atomic E-state index is -0.161. The van der Waals surface area contributed by atoms with E-state index in [1.807, 2.05) is 0 Å². The Morgan fingerprint density at radius 2 is 2.27 bits per heavy atom. The molecule has 1 heterocycles. The van der Waals surface area contributed by atoms with Crippen LogP contribution in [-0.4, -0.2) is 16.1 Å². The summed E-state index contributed by atoms with van der Waals surface area (Å²) in [5, 5.41) is 10.3. The van der Waals surface area contributed by atoms with Crippen LogP contribution < -0.4 is 5.32 Å². The molecule has 0 bridgehead atoms. The smallest absolute Gasteiger partial charge is 0.222 e. The molecule has 1 aromatic rings. The number of nitrogens with zero attached hydrogens (tertiary/aromatic N) is 2. The summed E-state index contributed by atoms with van der Waals surface area (Å²) < 4.78 is 0. The number of carbonyl (C=O) groups is 1. The molecule has 4 nitrogen and oxygen atoms in total. The highest BCUT2D eigenvalue weighted by atomic mass is 32.1. The van der Waals surface area contributed by atoms with Crippen LogP contribution in [0.1, 0.15) is 6.92 Å². The molecule has 11 heavy (non-hydrogen) atoms. The van der Waals surface area contributed by atoms with Gasteiger partial charge in [0.2, 0.25) is 5.91 Å². The summed E-state index contributed by atoms with van der Waals surface area (Å²) in [5.41, 5.74) is 0. The molecule has 0 fully saturated rings. The molecule has 0 aromatic carbocycles. The third kappa shape index (κ3) is 2.55. The minimum Gasteiger partial charge on any atom is -0.309 e. The summed E-state index contributed by atoms with van der Waals surface area (Å²) in [6.07, 6.45) is 0. The number of aromatic nitrogens is 2. The van der Waals surface area contributed by atoms with Crippen molar-refractivity contribution in [3.05, 3.63) is 12.1 Å². The fraction of sp³-hybridized carbons (Fsp3) is 0.167. The molecule has 5 heteroatoms. The SMILES string of the molecule is CC(=O)Nc1ccc(S)nn1. The fourth-order valence-electron chi connectivity index (χ4n) is 0.572. The third-order valence-corrected chi connectivity index (χ3v) is 1.19. The van der Waals surface area contributed by atoms with Crippen molar-refractivity contribution < 1.29 is 4.79 Å². The number of thiol groups is 1. The van der Waals surface area contributed by atoms with Gasteiger partial charge in [-0.25, -0.2) is 0 Å². The second-order valence-electron chi connectivity index (χ2n) is 1.96. The van der Waals surface area contributed by atoms with E-state index in [0.29, 0.717) is 10.8 Å². The predicted octanol–water partition coefficient (Wildman–Crippen LogP) is 0.724. The number of rotatable bonds is 1. The molecule has 0 unspecified atom stereocenters. The number of amides is 1. The zero-order chi connectivity index (χ0) is 8.27. The Balaban J connectivity index is 2.74. The Labute approximate surface area is 69.4 Å². The summed E-state index contributed by atoms with van der Waals surface area (Å²) in [6, 6.07) is 3.29. The lowest BCUT2D eigenvalue weighted by Crippen LogP contribution is -2.07. The van der Waals surface area contributed by atoms with E-state index in [0.717, 1.165) is 0 Å². The molecule has 0 aliphatic rings. The number of carbonyl (C=O) groups excluding carboxylic acids is 1. The van der Waals surface area contributed by atoms with Crippen LogP contribution in [0.2, 0.25) is 0 Å². The Morgan fingerprint density at radius 3 is 2.73 bits per heavy atom. The van der Waals surface area contributed by atoms with Gasteiger partial charge in [0.25, 0.3) is 0 Å². The van der Waals surface area contributed by atoms with Crippen molar-refractivity contribution in [2.45, 2.75) is 11.9 Å². The number of anilines is 1. The van der Waals surface area contributed by atoms with Crippen molar-refractivity contribution in [1.29, 1.82) is 0 Å². The van der Waals surface area contributed by atoms with E-state index < -0.39 is 0 Å². The molecule has 0 radical (unpaired) electrons. The molecule has 0 saturated carbocycles. The zero-order valence-electron chi connectivity index (χ0n) is 5.90. The first kappa shape index (κ1) is 8.00. The molecule has 0 spiro atoms. The first-order valence-electron chi connectivity index (χ1n) is 2.99. The van der Waals surface area contributed by atoms with Gasteiger partial charge in [-0.3, -0.25) is 4.79 Å². The second kappa shape index (κ2) is 3.34. The number of hydrogen-bond acceptors (Lipinski definition) is 4. The minimum absolute atomic E-state index is 0.161. The van der Waals surface area contributed by atoms with Crippen molar-refractivity contribution in [3.8, 4) is 0 Å². The van der Waals surface area contributed by atoms with Crippen LogP contribution in [0.25, 0.3) is 0 Å². The van der Waals surface area contributed by atoms with Crippen molar-refractivity contribution in [1.82, 2.24) is 10.2 Å². The van der Waals surface area contributed by atoms with Crippen LogP contribution >= 0.6 is 12.6 Å². The van der Waals surface area contributed by atoms with E-state index in [1.54, 1.807) is 12.1 Å². The standard InChI is InChI=1S/C6H7N3OS/c1-4(10)7-5-2-3-6(11)9-8-5/h2-3H,1H3,(H,9,11)(H,7,8,10). The molecule has 0 saturated heterocycles. The molecular weight excluding hydrogens is 162 g/mol. The van der Waals surface area contributed by atoms with Gasteiger partial charge in [-0.2, -0.15) is 0 Å². The van der Waals surface area contributed by atoms with Gasteiger partial charge in [0.05, 0.1) is 0 Å². The Bertz CT molecular complexity index is 259. The largest absolute Gasteiger partial charge is 0.309 e. The maximum Gasteiger partial charge on any atom is 0.222 e. The average molecular weight is 169 g/mol. The van der Waals surface area contributed by atoms with Gasteiger partial charge in [-0.15, -0.1) is 22.8 Å². The van der Waals surface area contributed by atoms with Gasteiger partial charge in [0.1, 0.15) is 5.03 Å². The molecule has 1 amide bonds. The fourth-order valence-corrected chi connectivity index (χ4v) is 0.692. The van der Waals surface area contributed by atoms with Crippen LogP contribution in [0.4, 0.5) is 5.82 Å². The van der Waals surface area contributed by atoms with Crippen LogP contribution in [0.3, 0.4) is 0 Å². The van der Waals surface area contributed by atoms with Gasteiger partial charge in [-0.1, -0.05) is 0 Å². The predicted molar refractivity (Wildman–Crippen MR) is 43.6 cm³/mol. The van der Waals surface area contributed by atoms with Crippen molar-refractivity contribution in [3.63, 3.8) is 0 Å². The highest BCUT2D eigenvalue weighted by molar-refractivity contribution is 7.80. The molecule has 1 N–H and O–H groups in total. The quantitative estimate of drug-likeness (QED) is 0.609. The third-order valence-electron chi connectivity index (χ3n) is 0.955. The summed E-state index contributed by atoms with van der Waals surface area (Å²) in [7, 11) is 0. The molecule has 58 valence electrons. The van der Waals surface area contributed by atoms with Crippen molar-refractivity contribution in [2.24, 2.45) is 0 Å². The van der Waals surface area contributed by atoms with E-state index >= 15 is 0 Å². The summed E-state index contributed by atoms with van der Waals surface area (Å²) >= 11 is 3.94. The zero-order valence-corrected chi connectivity index (χ0v) is 6.80. The molecule has 1 rings (SSSR count). The molecule has 0 atom stereocenters. The second-order valence-corrected chi connectivity index (χ2v) is 2.42. The van der Waals surface area contributed by atoms with Crippen LogP contribution in [0.15, 0.2) is 17.2 Å². The van der Waals surface area contributed by atoms with E-state index in [9.17, 15) is 4.79 Å². The molecule has 0 aliphatic heterocycles. The Hall–Kier alpha value is -1.10. The van der Waals surface area contributed by atoms with Gasteiger partial charge in [0, 0.05) is 6.92 Å². The van der Waals surface area contributed by atoms with E-state index in [4.69, 9.17) is 0 Å². The highest BCUT2D eigenvalue weighted by Crippen LogP contribution is 2.03. The van der Waals surface area contributed by atoms with Gasteiger partial charge in [-0.05, 0) is 12.1 Å². The maximum absolute atomic E-state index is 10.5. The van der Waals surface area contributed by atoms with Gasteiger partial charge < -0.3 is 5.32 Å². The van der Waals surface area contributed by atoms with E-state index in [1.165, 1.54) is 6.92 Å². The summed E-state index contributed by atoms with van der Waals surface area (Å²) in [4.78, 5) is 10.5. The van der Waals surface area contributed by atoms with Crippen LogP contribution in [0, 0.1) is 0 Å². The highest BCUT2D eigenvalue weighted by Gasteiger charge is 1.95. The topological polar surface area (TPSA) is 54.9 Å². The lowest BCUT2D eigenvalue weighted by atomic mass is 10.5. The average Bonchev–Trinajstić information content (AvgIpc) is 1.93. The normalized spacial score (nSPS) is 9.27. The van der Waals surface area contributed by atoms with E-state index in [-0.39, 0.29) is 5.91 Å². The number of hydrogen-bond donors (Lipinski definition) is 2. The van der Waals surface area contributed by atoms with E-state index in [2.05, 4.69) is 28.1 Å². The Morgan fingerprint density at radius 1 is 1.55 bits per heavy atom. The lowest BCUT2D eigenvalue weighted by Gasteiger charge is -1.97. The first-order chi connectivity index (χ1) is 5.18. The van der Waals surface area contributed by atoms with Gasteiger partial charge in [0.15, 0.2) is 5.82 Å². The van der Waals surface area contributed by atoms with Gasteiger partial charge >= 0.3 is 0 Å². The molecular formula is C6H7N3OS. The summed E-state index contributed by atoms with van der Waals surface area (Å²) in [6.45, 7) is 1.41. The molecule has 1 aromatic heterocycles. The lowest BCUT2D eigenvalue weighted by molar-refractivity contribution is -0.114. The van der Waals surface area contributed by atoms with Crippen LogP contribution in [0.5, 0.6) is 0 Å². The Kier molecular flexibility index (Phi) is 2.43. The monoisotopic (exact) mass is 169 g/mol. The first-order valence-corrected chi connectivity index (χ1v) is 3.43. The molecule has 0 aliphatic carbocycles. The van der Waals surface area contributed by atoms with Crippen molar-refractivity contribution in [2.75, 3.05) is 5.32 Å². The number of nitrogens with one attached hydrogen (secondary N) is 1. The maximum atomic E-state index is 10.5. The van der Waals surface area contributed by atoms with Crippen LogP contribution in [-0.2, 0) is 4.79 Å². The van der Waals surface area contributed by atoms with Crippen molar-refractivity contribution >= 4 is 24.4 Å².